The summed E-state index contributed by atoms with van der Waals surface area (Å²) in [6.45, 7) is 7.81. The molecule has 2 aromatic rings. The molecule has 1 atom stereocenters. The fraction of sp³-hybridized carbons (Fsp3) is 0.364. The molecule has 2 aromatic carbocycles. The number of aryl methyl sites for hydroxylation is 2. The molecule has 142 valence electrons. The molecule has 2 amide bonds. The van der Waals surface area contributed by atoms with Crippen LogP contribution in [0.5, 0.6) is 0 Å². The summed E-state index contributed by atoms with van der Waals surface area (Å²) < 4.78 is 0. The van der Waals surface area contributed by atoms with Gasteiger partial charge in [-0.25, -0.2) is 0 Å². The molecule has 1 aliphatic rings. The monoisotopic (exact) mass is 365 g/mol. The highest BCUT2D eigenvalue weighted by atomic mass is 16.2. The molecular formula is C22H27N3O2. The number of likely N-dealkylation sites (tertiary alicyclic amines) is 1. The van der Waals surface area contributed by atoms with Gasteiger partial charge in [-0.15, -0.1) is 0 Å². The van der Waals surface area contributed by atoms with Gasteiger partial charge in [0.05, 0.1) is 6.04 Å². The maximum absolute atomic E-state index is 12.5. The Kier molecular flexibility index (Phi) is 5.91. The average molecular weight is 365 g/mol. The van der Waals surface area contributed by atoms with E-state index in [1.165, 1.54) is 0 Å². The second-order valence-corrected chi connectivity index (χ2v) is 7.26. The van der Waals surface area contributed by atoms with Gasteiger partial charge in [-0.3, -0.25) is 14.5 Å². The van der Waals surface area contributed by atoms with Gasteiger partial charge in [-0.1, -0.05) is 23.8 Å². The first kappa shape index (κ1) is 19.1. The van der Waals surface area contributed by atoms with Crippen molar-refractivity contribution in [1.29, 1.82) is 0 Å². The lowest BCUT2D eigenvalue weighted by molar-refractivity contribution is -0.120. The van der Waals surface area contributed by atoms with Crippen molar-refractivity contribution in [1.82, 2.24) is 4.90 Å². The molecule has 5 nitrogen and oxygen atoms in total. The van der Waals surface area contributed by atoms with E-state index in [9.17, 15) is 9.59 Å². The first-order valence-corrected chi connectivity index (χ1v) is 9.47. The number of nitrogens with one attached hydrogen (secondary N) is 2. The fourth-order valence-corrected chi connectivity index (χ4v) is 3.28. The largest absolute Gasteiger partial charge is 0.325 e. The van der Waals surface area contributed by atoms with Gasteiger partial charge >= 0.3 is 0 Å². The minimum Gasteiger partial charge on any atom is -0.325 e. The third-order valence-corrected chi connectivity index (χ3v) is 5.13. The fourth-order valence-electron chi connectivity index (χ4n) is 3.28. The Balaban J connectivity index is 1.69. The maximum atomic E-state index is 12.5. The average Bonchev–Trinajstić information content (AvgIpc) is 3.19. The van der Waals surface area contributed by atoms with Gasteiger partial charge in [0.25, 0.3) is 5.91 Å². The number of anilines is 2. The molecule has 1 aliphatic heterocycles. The van der Waals surface area contributed by atoms with Crippen LogP contribution in [0.3, 0.4) is 0 Å². The van der Waals surface area contributed by atoms with Gasteiger partial charge in [0.15, 0.2) is 0 Å². The number of benzene rings is 2. The highest BCUT2D eigenvalue weighted by Crippen LogP contribution is 2.22. The summed E-state index contributed by atoms with van der Waals surface area (Å²) in [5.41, 5.74) is 4.06. The smallest absolute Gasteiger partial charge is 0.255 e. The van der Waals surface area contributed by atoms with E-state index in [2.05, 4.69) is 15.5 Å². The standard InChI is InChI=1S/C22H27N3O2/c1-15-6-9-18(10-7-15)22(27)24-20-14-19(11-8-16(20)2)23-21(26)17(3)25-12-4-5-13-25/h6-11,14,17H,4-5,12-13H2,1-3H3,(H,23,26)(H,24,27)/t17-/m0/s1. The lowest BCUT2D eigenvalue weighted by Crippen LogP contribution is -2.40. The predicted molar refractivity (Wildman–Crippen MR) is 109 cm³/mol. The van der Waals surface area contributed by atoms with Gasteiger partial charge < -0.3 is 10.6 Å². The van der Waals surface area contributed by atoms with Gasteiger partial charge in [0, 0.05) is 16.9 Å². The van der Waals surface area contributed by atoms with Crippen LogP contribution in [0, 0.1) is 13.8 Å². The molecule has 0 aliphatic carbocycles. The van der Waals surface area contributed by atoms with E-state index in [4.69, 9.17) is 0 Å². The molecule has 1 heterocycles. The van der Waals surface area contributed by atoms with E-state index in [1.807, 2.05) is 63.2 Å². The Morgan fingerprint density at radius 3 is 2.30 bits per heavy atom. The Morgan fingerprint density at radius 2 is 1.63 bits per heavy atom. The summed E-state index contributed by atoms with van der Waals surface area (Å²) >= 11 is 0. The van der Waals surface area contributed by atoms with Crippen molar-refractivity contribution >= 4 is 23.2 Å². The summed E-state index contributed by atoms with van der Waals surface area (Å²) in [4.78, 5) is 27.2. The zero-order valence-electron chi connectivity index (χ0n) is 16.2. The SMILES string of the molecule is Cc1ccc(C(=O)Nc2cc(NC(=O)[C@H](C)N3CCCC3)ccc2C)cc1. The highest BCUT2D eigenvalue weighted by molar-refractivity contribution is 6.05. The van der Waals surface area contributed by atoms with Crippen molar-refractivity contribution < 1.29 is 9.59 Å². The summed E-state index contributed by atoms with van der Waals surface area (Å²) in [6, 6.07) is 12.9. The molecule has 0 aromatic heterocycles. The quantitative estimate of drug-likeness (QED) is 0.842. The second kappa shape index (κ2) is 8.35. The van der Waals surface area contributed by atoms with Crippen LogP contribution in [0.4, 0.5) is 11.4 Å². The van der Waals surface area contributed by atoms with Crippen molar-refractivity contribution in [2.75, 3.05) is 23.7 Å². The molecule has 27 heavy (non-hydrogen) atoms. The van der Waals surface area contributed by atoms with Crippen molar-refractivity contribution in [2.24, 2.45) is 0 Å². The van der Waals surface area contributed by atoms with Crippen LogP contribution in [0.25, 0.3) is 0 Å². The molecule has 2 N–H and O–H groups in total. The van der Waals surface area contributed by atoms with E-state index >= 15 is 0 Å². The second-order valence-electron chi connectivity index (χ2n) is 7.26. The zero-order chi connectivity index (χ0) is 19.4. The minimum absolute atomic E-state index is 0.0171. The molecule has 1 fully saturated rings. The van der Waals surface area contributed by atoms with E-state index in [1.54, 1.807) is 0 Å². The Hall–Kier alpha value is -2.66. The van der Waals surface area contributed by atoms with Gasteiger partial charge in [0.1, 0.15) is 0 Å². The van der Waals surface area contributed by atoms with E-state index in [0.717, 1.165) is 37.1 Å². The van der Waals surface area contributed by atoms with Gasteiger partial charge in [-0.2, -0.15) is 0 Å². The van der Waals surface area contributed by atoms with Crippen LogP contribution in [0.15, 0.2) is 42.5 Å². The number of carbonyl (C=O) groups excluding carboxylic acids is 2. The van der Waals surface area contributed by atoms with Crippen LogP contribution in [-0.2, 0) is 4.79 Å². The number of hydrogen-bond acceptors (Lipinski definition) is 3. The number of rotatable bonds is 5. The summed E-state index contributed by atoms with van der Waals surface area (Å²) in [7, 11) is 0. The van der Waals surface area contributed by atoms with Crippen LogP contribution in [0.1, 0.15) is 41.3 Å². The topological polar surface area (TPSA) is 61.4 Å². The molecule has 0 saturated carbocycles. The zero-order valence-corrected chi connectivity index (χ0v) is 16.2. The van der Waals surface area contributed by atoms with Gasteiger partial charge in [-0.05, 0) is 76.5 Å². The van der Waals surface area contributed by atoms with Gasteiger partial charge in [0.2, 0.25) is 5.91 Å². The van der Waals surface area contributed by atoms with Crippen molar-refractivity contribution in [2.45, 2.75) is 39.7 Å². The van der Waals surface area contributed by atoms with Crippen LogP contribution in [0.2, 0.25) is 0 Å². The lowest BCUT2D eigenvalue weighted by atomic mass is 10.1. The molecular weight excluding hydrogens is 338 g/mol. The molecule has 5 heteroatoms. The van der Waals surface area contributed by atoms with E-state index < -0.39 is 0 Å². The molecule has 0 radical (unpaired) electrons. The first-order valence-electron chi connectivity index (χ1n) is 9.47. The molecule has 1 saturated heterocycles. The summed E-state index contributed by atoms with van der Waals surface area (Å²) in [5.74, 6) is -0.177. The molecule has 0 unspecified atom stereocenters. The number of nitrogens with zero attached hydrogens (tertiary/aromatic N) is 1. The van der Waals surface area contributed by atoms with Crippen molar-refractivity contribution in [3.05, 3.63) is 59.2 Å². The maximum Gasteiger partial charge on any atom is 0.255 e. The van der Waals surface area contributed by atoms with Crippen LogP contribution >= 0.6 is 0 Å². The number of amides is 2. The highest BCUT2D eigenvalue weighted by Gasteiger charge is 2.24. The summed E-state index contributed by atoms with van der Waals surface area (Å²) in [5, 5.41) is 5.92. The van der Waals surface area contributed by atoms with Crippen LogP contribution in [-0.4, -0.2) is 35.8 Å². The Morgan fingerprint density at radius 1 is 0.963 bits per heavy atom. The third kappa shape index (κ3) is 4.74. The summed E-state index contributed by atoms with van der Waals surface area (Å²) in [6.07, 6.45) is 2.30. The first-order chi connectivity index (χ1) is 12.9. The predicted octanol–water partition coefficient (Wildman–Crippen LogP) is 3.98. The minimum atomic E-state index is -0.160. The van der Waals surface area contributed by atoms with Crippen molar-refractivity contribution in [3.63, 3.8) is 0 Å². The van der Waals surface area contributed by atoms with E-state index in [-0.39, 0.29) is 17.9 Å². The number of hydrogen-bond donors (Lipinski definition) is 2. The van der Waals surface area contributed by atoms with Crippen LogP contribution < -0.4 is 10.6 Å². The number of carbonyl (C=O) groups is 2. The normalized spacial score (nSPS) is 15.4. The van der Waals surface area contributed by atoms with Crippen molar-refractivity contribution in [3.8, 4) is 0 Å². The third-order valence-electron chi connectivity index (χ3n) is 5.13. The van der Waals surface area contributed by atoms with E-state index in [0.29, 0.717) is 16.9 Å². The lowest BCUT2D eigenvalue weighted by Gasteiger charge is -2.23. The Bertz CT molecular complexity index is 824. The Labute approximate surface area is 160 Å². The molecule has 3 rings (SSSR count). The molecule has 0 bridgehead atoms. The molecule has 0 spiro atoms.